The number of amides is 5. The maximum absolute atomic E-state index is 14.4. The summed E-state index contributed by atoms with van der Waals surface area (Å²) >= 11 is 0. The summed E-state index contributed by atoms with van der Waals surface area (Å²) in [6, 6.07) is 44.6. The van der Waals surface area contributed by atoms with Gasteiger partial charge in [0.15, 0.2) is 0 Å². The molecule has 0 fully saturated rings. The van der Waals surface area contributed by atoms with Gasteiger partial charge in [-0.2, -0.15) is 0 Å². The van der Waals surface area contributed by atoms with Crippen molar-refractivity contribution in [3.05, 3.63) is 192 Å². The fourth-order valence-corrected chi connectivity index (χ4v) is 7.17. The van der Waals surface area contributed by atoms with Gasteiger partial charge in [0.05, 0.1) is 7.11 Å². The summed E-state index contributed by atoms with van der Waals surface area (Å²) in [5.74, 6) is -1.93. The van der Waals surface area contributed by atoms with E-state index in [1.807, 2.05) is 166 Å². The van der Waals surface area contributed by atoms with Crippen LogP contribution in [0.2, 0.25) is 0 Å². The summed E-state index contributed by atoms with van der Waals surface area (Å²) in [7, 11) is 2.81. The number of hydroxylamine groups is 2. The number of carbonyl (C=O) groups is 5. The number of nitrogens with one attached hydrogen (secondary N) is 4. The van der Waals surface area contributed by atoms with Crippen LogP contribution in [-0.4, -0.2) is 67.1 Å². The van der Waals surface area contributed by atoms with E-state index in [2.05, 4.69) is 21.3 Å². The average Bonchev–Trinajstić information content (AvgIpc) is 3.31. The van der Waals surface area contributed by atoms with Gasteiger partial charge in [-0.25, -0.2) is 9.86 Å². The van der Waals surface area contributed by atoms with Crippen molar-refractivity contribution in [3.63, 3.8) is 0 Å². The molecule has 0 aromatic heterocycles. The van der Waals surface area contributed by atoms with Crippen LogP contribution >= 0.6 is 0 Å². The van der Waals surface area contributed by atoms with E-state index in [1.165, 1.54) is 26.3 Å². The van der Waals surface area contributed by atoms with Crippen LogP contribution < -0.4 is 21.3 Å². The molecule has 63 heavy (non-hydrogen) atoms. The Morgan fingerprint density at radius 3 is 1.60 bits per heavy atom. The van der Waals surface area contributed by atoms with Gasteiger partial charge in [0.25, 0.3) is 5.91 Å². The van der Waals surface area contributed by atoms with Crippen LogP contribution in [0.15, 0.2) is 164 Å². The van der Waals surface area contributed by atoms with Crippen LogP contribution in [0.25, 0.3) is 0 Å². The monoisotopic (exact) mass is 851 g/mol. The predicted octanol–water partition coefficient (Wildman–Crippen LogP) is 7.00. The highest BCUT2D eigenvalue weighted by Gasteiger charge is 2.38. The zero-order valence-electron chi connectivity index (χ0n) is 36.2. The van der Waals surface area contributed by atoms with E-state index in [0.717, 1.165) is 32.9 Å². The van der Waals surface area contributed by atoms with Crippen molar-refractivity contribution in [2.45, 2.75) is 69.8 Å². The summed E-state index contributed by atoms with van der Waals surface area (Å²) < 4.78 is 5.42. The van der Waals surface area contributed by atoms with Crippen LogP contribution in [0.1, 0.15) is 60.9 Å². The summed E-state index contributed by atoms with van der Waals surface area (Å²) in [4.78, 5) is 73.6. The molecule has 0 aliphatic rings. The Balaban J connectivity index is 1.39. The van der Waals surface area contributed by atoms with E-state index in [0.29, 0.717) is 0 Å². The van der Waals surface area contributed by atoms with Crippen molar-refractivity contribution < 1.29 is 33.5 Å². The van der Waals surface area contributed by atoms with Crippen molar-refractivity contribution in [2.24, 2.45) is 5.92 Å². The molecule has 0 heterocycles. The van der Waals surface area contributed by atoms with E-state index < -0.39 is 47.5 Å². The standard InChI is InChI=1S/C51H57N5O7/c1-37(2)34-44(54-50(61)63-36-39-22-12-6-13-23-39)49(60)53-45(35-38-20-10-5-11-21-38)48(59)52-43(31-33-47(58)56(3)62-4)30-32-46(57)55-51(40-24-14-7-15-25-40,41-26-16-8-17-27-41)42-28-18-9-19-29-42/h5-29,31,33,37,43-45H,30,32,34-36H2,1-4H3,(H,52,59)(H,53,60)(H,54,61)(H,55,57)/b33-31+/t43-,44-,45-/m0/s1. The predicted molar refractivity (Wildman–Crippen MR) is 243 cm³/mol. The number of benzene rings is 5. The number of carbonyl (C=O) groups excluding carboxylic acids is 5. The number of hydrogen-bond donors (Lipinski definition) is 4. The Bertz CT molecular complexity index is 2140. The van der Waals surface area contributed by atoms with E-state index in [1.54, 1.807) is 0 Å². The molecule has 5 rings (SSSR count). The van der Waals surface area contributed by atoms with Crippen LogP contribution in [0.5, 0.6) is 0 Å². The second kappa shape index (κ2) is 23.8. The van der Waals surface area contributed by atoms with Crippen LogP contribution in [0, 0.1) is 5.92 Å². The zero-order chi connectivity index (χ0) is 45.0. The number of likely N-dealkylation sites (N-methyl/N-ethyl adjacent to an activating group) is 1. The van der Waals surface area contributed by atoms with Gasteiger partial charge in [0.2, 0.25) is 17.7 Å². The number of rotatable bonds is 21. The quantitative estimate of drug-likeness (QED) is 0.0352. The minimum atomic E-state index is -1.11. The van der Waals surface area contributed by atoms with Crippen molar-refractivity contribution in [3.8, 4) is 0 Å². The van der Waals surface area contributed by atoms with Crippen molar-refractivity contribution in [1.29, 1.82) is 0 Å². The van der Waals surface area contributed by atoms with Crippen LogP contribution in [0.3, 0.4) is 0 Å². The molecule has 12 nitrogen and oxygen atoms in total. The molecule has 3 atom stereocenters. The highest BCUT2D eigenvalue weighted by molar-refractivity contribution is 5.92. The van der Waals surface area contributed by atoms with E-state index >= 15 is 0 Å². The molecule has 0 spiro atoms. The molecular formula is C51H57N5O7. The lowest BCUT2D eigenvalue weighted by atomic mass is 9.77. The van der Waals surface area contributed by atoms with Gasteiger partial charge in [-0.15, -0.1) is 0 Å². The van der Waals surface area contributed by atoms with Gasteiger partial charge in [-0.05, 0) is 46.6 Å². The molecule has 0 unspecified atom stereocenters. The fraction of sp³-hybridized carbons (Fsp3) is 0.275. The van der Waals surface area contributed by atoms with Gasteiger partial charge in [-0.3, -0.25) is 24.0 Å². The molecule has 0 aliphatic carbocycles. The molecule has 4 N–H and O–H groups in total. The number of hydrogen-bond acceptors (Lipinski definition) is 7. The van der Waals surface area contributed by atoms with Gasteiger partial charge >= 0.3 is 6.09 Å². The van der Waals surface area contributed by atoms with Crippen molar-refractivity contribution in [2.75, 3.05) is 14.2 Å². The van der Waals surface area contributed by atoms with Gasteiger partial charge < -0.3 is 26.0 Å². The molecule has 5 aromatic carbocycles. The van der Waals surface area contributed by atoms with Crippen molar-refractivity contribution >= 4 is 29.7 Å². The normalized spacial score (nSPS) is 12.7. The molecule has 0 aliphatic heterocycles. The highest BCUT2D eigenvalue weighted by Crippen LogP contribution is 2.37. The Morgan fingerprint density at radius 2 is 1.11 bits per heavy atom. The Kier molecular flexibility index (Phi) is 17.8. The second-order valence-corrected chi connectivity index (χ2v) is 15.6. The Morgan fingerprint density at radius 1 is 0.635 bits per heavy atom. The summed E-state index contributed by atoms with van der Waals surface area (Å²) in [6.45, 7) is 3.86. The molecule has 0 saturated heterocycles. The molecule has 5 amide bonds. The third-order valence-corrected chi connectivity index (χ3v) is 10.5. The SMILES string of the molecule is CON(C)C(=O)/C=C/[C@H](CCC(=O)NC(c1ccccc1)(c1ccccc1)c1ccccc1)NC(=O)[C@H](Cc1ccccc1)NC(=O)[C@H](CC(C)C)NC(=O)OCc1ccccc1. The molecular weight excluding hydrogens is 795 g/mol. The van der Waals surface area contributed by atoms with Gasteiger partial charge in [0.1, 0.15) is 24.2 Å². The van der Waals surface area contributed by atoms with E-state index in [4.69, 9.17) is 9.57 Å². The average molecular weight is 852 g/mol. The molecule has 5 aromatic rings. The van der Waals surface area contributed by atoms with Crippen LogP contribution in [-0.2, 0) is 47.3 Å². The first kappa shape index (κ1) is 47.0. The second-order valence-electron chi connectivity index (χ2n) is 15.6. The number of alkyl carbamates (subject to hydrolysis) is 1. The lowest BCUT2D eigenvalue weighted by molar-refractivity contribution is -0.162. The summed E-state index contributed by atoms with van der Waals surface area (Å²) in [6.07, 6.45) is 2.42. The number of nitrogens with zero attached hydrogens (tertiary/aromatic N) is 1. The molecule has 328 valence electrons. The lowest BCUT2D eigenvalue weighted by Gasteiger charge is -2.37. The van der Waals surface area contributed by atoms with E-state index in [-0.39, 0.29) is 44.1 Å². The zero-order valence-corrected chi connectivity index (χ0v) is 36.2. The fourth-order valence-electron chi connectivity index (χ4n) is 7.17. The lowest BCUT2D eigenvalue weighted by Crippen LogP contribution is -2.55. The number of ether oxygens (including phenoxy) is 1. The maximum Gasteiger partial charge on any atom is 0.408 e. The smallest absolute Gasteiger partial charge is 0.408 e. The largest absolute Gasteiger partial charge is 0.445 e. The minimum Gasteiger partial charge on any atom is -0.445 e. The topological polar surface area (TPSA) is 155 Å². The van der Waals surface area contributed by atoms with Crippen molar-refractivity contribution in [1.82, 2.24) is 26.3 Å². The third kappa shape index (κ3) is 14.0. The Hall–Kier alpha value is -7.05. The molecule has 0 bridgehead atoms. The summed E-state index contributed by atoms with van der Waals surface area (Å²) in [5, 5.41) is 12.9. The first-order valence-corrected chi connectivity index (χ1v) is 21.1. The first-order chi connectivity index (χ1) is 30.5. The van der Waals surface area contributed by atoms with Gasteiger partial charge in [0, 0.05) is 32.0 Å². The van der Waals surface area contributed by atoms with E-state index in [9.17, 15) is 24.0 Å². The maximum atomic E-state index is 14.4. The summed E-state index contributed by atoms with van der Waals surface area (Å²) in [5.41, 5.74) is 3.05. The first-order valence-electron chi connectivity index (χ1n) is 21.1. The van der Waals surface area contributed by atoms with Crippen LogP contribution in [0.4, 0.5) is 4.79 Å². The van der Waals surface area contributed by atoms with Gasteiger partial charge in [-0.1, -0.05) is 172 Å². The molecule has 0 saturated carbocycles. The Labute approximate surface area is 370 Å². The molecule has 0 radical (unpaired) electrons. The minimum absolute atomic E-state index is 0.00409. The highest BCUT2D eigenvalue weighted by atomic mass is 16.7. The molecule has 12 heteroatoms. The third-order valence-electron chi connectivity index (χ3n) is 10.5.